The Hall–Kier alpha value is -2.26. The summed E-state index contributed by atoms with van der Waals surface area (Å²) >= 11 is 6.05. The molecule has 0 saturated carbocycles. The van der Waals surface area contributed by atoms with Crippen molar-refractivity contribution in [2.45, 2.75) is 0 Å². The van der Waals surface area contributed by atoms with Gasteiger partial charge in [0.25, 0.3) is 5.91 Å². The van der Waals surface area contributed by atoms with Gasteiger partial charge >= 0.3 is 0 Å². The van der Waals surface area contributed by atoms with Gasteiger partial charge in [-0.05, 0) is 23.8 Å². The fraction of sp³-hybridized carbons (Fsp3) is 0.267. The van der Waals surface area contributed by atoms with E-state index in [2.05, 4.69) is 0 Å². The van der Waals surface area contributed by atoms with Gasteiger partial charge in [0.05, 0.1) is 38.7 Å². The van der Waals surface area contributed by atoms with E-state index in [0.29, 0.717) is 27.7 Å². The summed E-state index contributed by atoms with van der Waals surface area (Å²) < 4.78 is 15.9. The number of nitrogens with zero attached hydrogens (tertiary/aromatic N) is 1. The van der Waals surface area contributed by atoms with Crippen LogP contribution in [0.25, 0.3) is 6.08 Å². The van der Waals surface area contributed by atoms with Gasteiger partial charge in [-0.2, -0.15) is 0 Å². The second kappa shape index (κ2) is 7.54. The van der Waals surface area contributed by atoms with Crippen molar-refractivity contribution in [2.75, 3.05) is 27.9 Å². The third-order valence-electron chi connectivity index (χ3n) is 3.15. The molecule has 1 aromatic carbocycles. The first kappa shape index (κ1) is 18.1. The third-order valence-corrected chi connectivity index (χ3v) is 4.52. The van der Waals surface area contributed by atoms with Crippen LogP contribution in [0.2, 0.25) is 0 Å². The molecule has 24 heavy (non-hydrogen) atoms. The van der Waals surface area contributed by atoms with Crippen molar-refractivity contribution in [1.29, 1.82) is 0 Å². The number of ether oxygens (including phenoxy) is 3. The summed E-state index contributed by atoms with van der Waals surface area (Å²) in [6.07, 6.45) is 1.58. The molecule has 1 aromatic rings. The highest BCUT2D eigenvalue weighted by atomic mass is 32.2. The van der Waals surface area contributed by atoms with Gasteiger partial charge in [0, 0.05) is 0 Å². The van der Waals surface area contributed by atoms with Gasteiger partial charge in [-0.1, -0.05) is 24.0 Å². The summed E-state index contributed by atoms with van der Waals surface area (Å²) in [7, 11) is 4.46. The lowest BCUT2D eigenvalue weighted by Crippen LogP contribution is -2.40. The van der Waals surface area contributed by atoms with Crippen molar-refractivity contribution >= 4 is 46.3 Å². The number of carboxylic acids is 1. The zero-order valence-corrected chi connectivity index (χ0v) is 14.8. The zero-order chi connectivity index (χ0) is 17.9. The average molecular weight is 368 g/mol. The Kier molecular flexibility index (Phi) is 5.68. The average Bonchev–Trinajstić information content (AvgIpc) is 2.80. The maximum atomic E-state index is 12.3. The highest BCUT2D eigenvalue weighted by molar-refractivity contribution is 8.26. The van der Waals surface area contributed by atoms with E-state index in [4.69, 9.17) is 26.4 Å². The first-order chi connectivity index (χ1) is 11.4. The van der Waals surface area contributed by atoms with E-state index < -0.39 is 18.4 Å². The van der Waals surface area contributed by atoms with E-state index in [0.717, 1.165) is 16.7 Å². The summed E-state index contributed by atoms with van der Waals surface area (Å²) in [5.74, 6) is -0.549. The number of methoxy groups -OCH3 is 3. The van der Waals surface area contributed by atoms with Gasteiger partial charge in [0.1, 0.15) is 4.32 Å². The fourth-order valence-corrected chi connectivity index (χ4v) is 3.36. The summed E-state index contributed by atoms with van der Waals surface area (Å²) in [5, 5.41) is 10.7. The Morgan fingerprint density at radius 2 is 1.83 bits per heavy atom. The largest absolute Gasteiger partial charge is 0.548 e. The molecule has 9 heteroatoms. The number of thioether (sulfide) groups is 1. The lowest BCUT2D eigenvalue weighted by Gasteiger charge is -2.14. The number of rotatable bonds is 6. The van der Waals surface area contributed by atoms with Crippen molar-refractivity contribution in [3.05, 3.63) is 22.6 Å². The lowest BCUT2D eigenvalue weighted by atomic mass is 10.1. The van der Waals surface area contributed by atoms with Crippen molar-refractivity contribution in [2.24, 2.45) is 0 Å². The number of aliphatic carboxylic acids is 1. The second-order valence-electron chi connectivity index (χ2n) is 4.60. The number of carboxylic acid groups (broad SMARTS) is 1. The van der Waals surface area contributed by atoms with Gasteiger partial charge < -0.3 is 24.1 Å². The Balaban J connectivity index is 2.39. The SMILES string of the molecule is COc1cc(/C=C2\SC(=S)N(CC(=O)[O-])C2=O)cc(OC)c1OC. The van der Waals surface area contributed by atoms with Gasteiger partial charge in [-0.15, -0.1) is 0 Å². The molecule has 0 bridgehead atoms. The molecule has 7 nitrogen and oxygen atoms in total. The minimum absolute atomic E-state index is 0.169. The van der Waals surface area contributed by atoms with Crippen molar-refractivity contribution < 1.29 is 28.9 Å². The molecule has 1 heterocycles. The maximum Gasteiger partial charge on any atom is 0.266 e. The van der Waals surface area contributed by atoms with E-state index in [1.807, 2.05) is 0 Å². The lowest BCUT2D eigenvalue weighted by molar-refractivity contribution is -0.305. The molecule has 0 unspecified atom stereocenters. The smallest absolute Gasteiger partial charge is 0.266 e. The highest BCUT2D eigenvalue weighted by Crippen LogP contribution is 2.40. The highest BCUT2D eigenvalue weighted by Gasteiger charge is 2.32. The zero-order valence-electron chi connectivity index (χ0n) is 13.2. The molecule has 2 rings (SSSR count). The standard InChI is InChI=1S/C15H15NO6S2/c1-20-9-4-8(5-10(21-2)13(9)22-3)6-11-14(19)16(7-12(17)18)15(23)24-11/h4-6H,7H2,1-3H3,(H,17,18)/p-1/b11-6-. The van der Waals surface area contributed by atoms with Crippen LogP contribution < -0.4 is 19.3 Å². The number of hydrogen-bond donors (Lipinski definition) is 0. The Morgan fingerprint density at radius 3 is 2.29 bits per heavy atom. The molecular formula is C15H14NO6S2-. The topological polar surface area (TPSA) is 88.1 Å². The molecule has 128 valence electrons. The summed E-state index contributed by atoms with van der Waals surface area (Å²) in [4.78, 5) is 24.3. The van der Waals surface area contributed by atoms with Gasteiger partial charge in [-0.3, -0.25) is 9.69 Å². The molecule has 0 radical (unpaired) electrons. The normalized spacial score (nSPS) is 15.8. The van der Waals surface area contributed by atoms with Crippen LogP contribution in [0.4, 0.5) is 0 Å². The minimum Gasteiger partial charge on any atom is -0.548 e. The van der Waals surface area contributed by atoms with Crippen LogP contribution in [0.3, 0.4) is 0 Å². The summed E-state index contributed by atoms with van der Waals surface area (Å²) in [6, 6.07) is 3.35. The molecule has 0 aliphatic carbocycles. The van der Waals surface area contributed by atoms with Crippen LogP contribution in [-0.4, -0.2) is 49.0 Å². The van der Waals surface area contributed by atoms with Crippen molar-refractivity contribution in [1.82, 2.24) is 4.90 Å². The number of hydrogen-bond acceptors (Lipinski definition) is 8. The number of carbonyl (C=O) groups excluding carboxylic acids is 2. The Bertz CT molecular complexity index is 706. The van der Waals surface area contributed by atoms with E-state index in [-0.39, 0.29) is 4.32 Å². The van der Waals surface area contributed by atoms with Crippen LogP contribution >= 0.6 is 24.0 Å². The third kappa shape index (κ3) is 3.62. The molecule has 0 aromatic heterocycles. The first-order valence-electron chi connectivity index (χ1n) is 6.66. The number of amides is 1. The van der Waals surface area contributed by atoms with Crippen molar-refractivity contribution in [3.8, 4) is 17.2 Å². The fourth-order valence-electron chi connectivity index (χ4n) is 2.10. The molecule has 1 saturated heterocycles. The summed E-state index contributed by atoms with van der Waals surface area (Å²) in [6.45, 7) is -0.572. The predicted octanol–water partition coefficient (Wildman–Crippen LogP) is 0.663. The molecule has 1 aliphatic heterocycles. The van der Waals surface area contributed by atoms with Crippen LogP contribution in [0.15, 0.2) is 17.0 Å². The van der Waals surface area contributed by atoms with E-state index in [9.17, 15) is 14.7 Å². The number of carbonyl (C=O) groups is 2. The Morgan fingerprint density at radius 1 is 1.25 bits per heavy atom. The van der Waals surface area contributed by atoms with Crippen molar-refractivity contribution in [3.63, 3.8) is 0 Å². The van der Waals surface area contributed by atoms with Gasteiger partial charge in [0.2, 0.25) is 5.75 Å². The molecule has 1 fully saturated rings. The van der Waals surface area contributed by atoms with E-state index >= 15 is 0 Å². The number of benzene rings is 1. The minimum atomic E-state index is -1.37. The van der Waals surface area contributed by atoms with Crippen LogP contribution in [-0.2, 0) is 9.59 Å². The van der Waals surface area contributed by atoms with Gasteiger partial charge in [-0.25, -0.2) is 0 Å². The molecule has 1 aliphatic rings. The molecule has 0 N–H and O–H groups in total. The number of thiocarbonyl (C=S) groups is 1. The first-order valence-corrected chi connectivity index (χ1v) is 7.89. The van der Waals surface area contributed by atoms with Crippen LogP contribution in [0, 0.1) is 0 Å². The summed E-state index contributed by atoms with van der Waals surface area (Å²) in [5.41, 5.74) is 0.624. The van der Waals surface area contributed by atoms with Crippen LogP contribution in [0.5, 0.6) is 17.2 Å². The van der Waals surface area contributed by atoms with E-state index in [1.165, 1.54) is 21.3 Å². The van der Waals surface area contributed by atoms with Gasteiger partial charge in [0.15, 0.2) is 11.5 Å². The second-order valence-corrected chi connectivity index (χ2v) is 6.27. The molecule has 0 spiro atoms. The predicted molar refractivity (Wildman–Crippen MR) is 91.0 cm³/mol. The molecule has 0 atom stereocenters. The van der Waals surface area contributed by atoms with Crippen LogP contribution in [0.1, 0.15) is 5.56 Å². The monoisotopic (exact) mass is 368 g/mol. The Labute approximate surface area is 148 Å². The maximum absolute atomic E-state index is 12.3. The molecule has 1 amide bonds. The van der Waals surface area contributed by atoms with E-state index in [1.54, 1.807) is 18.2 Å². The quantitative estimate of drug-likeness (QED) is 0.535. The molecular weight excluding hydrogens is 354 g/mol.